The molecule has 0 radical (unpaired) electrons. The van der Waals surface area contributed by atoms with Gasteiger partial charge in [0.25, 0.3) is 5.97 Å². The van der Waals surface area contributed by atoms with E-state index in [1.165, 1.54) is 0 Å². The summed E-state index contributed by atoms with van der Waals surface area (Å²) in [6, 6.07) is 16.9. The molecule has 1 heterocycles. The molecule has 1 fully saturated rings. The minimum atomic E-state index is -2.20. The highest BCUT2D eigenvalue weighted by Gasteiger charge is 2.36. The molecule has 0 spiro atoms. The van der Waals surface area contributed by atoms with E-state index in [-0.39, 0.29) is 12.5 Å². The molecule has 4 nitrogen and oxygen atoms in total. The first kappa shape index (κ1) is 21.9. The van der Waals surface area contributed by atoms with E-state index in [1.807, 2.05) is 63.4 Å². The maximum Gasteiger partial charge on any atom is 0.280 e. The minimum Gasteiger partial charge on any atom is -0.343 e. The molecule has 2 atom stereocenters. The highest BCUT2D eigenvalue weighted by molar-refractivity contribution is 6.30. The Bertz CT molecular complexity index is 676. The van der Waals surface area contributed by atoms with Crippen molar-refractivity contribution in [2.24, 2.45) is 0 Å². The van der Waals surface area contributed by atoms with Gasteiger partial charge in [0.1, 0.15) is 6.10 Å². The van der Waals surface area contributed by atoms with E-state index in [0.29, 0.717) is 5.02 Å². The quantitative estimate of drug-likeness (QED) is 0.707. The van der Waals surface area contributed by atoms with Gasteiger partial charge in [0, 0.05) is 17.5 Å². The van der Waals surface area contributed by atoms with Gasteiger partial charge >= 0.3 is 0 Å². The summed E-state index contributed by atoms with van der Waals surface area (Å²) in [6.07, 6.45) is 1.58. The predicted molar refractivity (Wildman–Crippen MR) is 110 cm³/mol. The highest BCUT2D eigenvalue weighted by atomic mass is 35.5. The normalized spacial score (nSPS) is 18.7. The summed E-state index contributed by atoms with van der Waals surface area (Å²) in [5.41, 5.74) is 1.68. The second-order valence-electron chi connectivity index (χ2n) is 6.68. The van der Waals surface area contributed by atoms with E-state index >= 15 is 0 Å². The lowest BCUT2D eigenvalue weighted by molar-refractivity contribution is -0.357. The summed E-state index contributed by atoms with van der Waals surface area (Å²) in [6.45, 7) is 4.97. The van der Waals surface area contributed by atoms with E-state index in [4.69, 9.17) is 16.3 Å². The maximum absolute atomic E-state index is 10.5. The molecule has 1 aliphatic rings. The summed E-state index contributed by atoms with van der Waals surface area (Å²) in [5, 5.41) is 21.7. The van der Waals surface area contributed by atoms with Crippen LogP contribution in [0.4, 0.5) is 0 Å². The predicted octanol–water partition coefficient (Wildman–Crippen LogP) is 4.59. The molecule has 1 saturated heterocycles. The number of hydrogen-bond donors (Lipinski definition) is 2. The van der Waals surface area contributed by atoms with E-state index in [2.05, 4.69) is 4.90 Å². The summed E-state index contributed by atoms with van der Waals surface area (Å²) < 4.78 is 5.80. The van der Waals surface area contributed by atoms with Crippen LogP contribution in [-0.2, 0) is 4.74 Å². The van der Waals surface area contributed by atoms with Gasteiger partial charge in [-0.15, -0.1) is 0 Å². The van der Waals surface area contributed by atoms with Crippen molar-refractivity contribution in [3.05, 3.63) is 70.7 Å². The van der Waals surface area contributed by atoms with Crippen molar-refractivity contribution in [1.29, 1.82) is 0 Å². The fourth-order valence-electron chi connectivity index (χ4n) is 3.37. The number of likely N-dealkylation sites (tertiary alicyclic amines) is 1. The van der Waals surface area contributed by atoms with Crippen LogP contribution in [0.5, 0.6) is 0 Å². The van der Waals surface area contributed by atoms with Crippen molar-refractivity contribution in [1.82, 2.24) is 4.90 Å². The molecule has 2 unspecified atom stereocenters. The van der Waals surface area contributed by atoms with Crippen molar-refractivity contribution >= 4 is 11.6 Å². The SMILES string of the molecule is CC.CN1CCCC1CC(O)(O)OC(c1ccccc1)c1ccc(Cl)cc1. The zero-order valence-electron chi connectivity index (χ0n) is 16.3. The van der Waals surface area contributed by atoms with Crippen LogP contribution < -0.4 is 0 Å². The third kappa shape index (κ3) is 6.30. The summed E-state index contributed by atoms with van der Waals surface area (Å²) in [4.78, 5) is 2.14. The molecule has 2 N–H and O–H groups in total. The molecule has 2 aromatic carbocycles. The van der Waals surface area contributed by atoms with Crippen molar-refractivity contribution in [3.8, 4) is 0 Å². The molecule has 0 bridgehead atoms. The number of ether oxygens (including phenoxy) is 1. The lowest BCUT2D eigenvalue weighted by atomic mass is 10.0. The molecular weight excluding hydrogens is 362 g/mol. The van der Waals surface area contributed by atoms with Crippen LogP contribution in [-0.4, -0.2) is 40.7 Å². The average Bonchev–Trinajstić information content (AvgIpc) is 3.07. The molecule has 0 saturated carbocycles. The molecule has 5 heteroatoms. The van der Waals surface area contributed by atoms with Crippen molar-refractivity contribution < 1.29 is 14.9 Å². The van der Waals surface area contributed by atoms with Crippen LogP contribution in [0.2, 0.25) is 5.02 Å². The monoisotopic (exact) mass is 391 g/mol. The lowest BCUT2D eigenvalue weighted by Gasteiger charge is -2.32. The van der Waals surface area contributed by atoms with Crippen LogP contribution in [0, 0.1) is 0 Å². The molecule has 1 aliphatic heterocycles. The summed E-state index contributed by atoms with van der Waals surface area (Å²) in [5.74, 6) is -2.20. The Morgan fingerprint density at radius 2 is 1.67 bits per heavy atom. The first-order chi connectivity index (χ1) is 12.9. The average molecular weight is 392 g/mol. The van der Waals surface area contributed by atoms with Gasteiger partial charge in [-0.3, -0.25) is 0 Å². The Hall–Kier alpha value is -1.43. The Kier molecular flexibility index (Phi) is 8.27. The lowest BCUT2D eigenvalue weighted by Crippen LogP contribution is -2.41. The number of halogens is 1. The van der Waals surface area contributed by atoms with Gasteiger partial charge in [-0.25, -0.2) is 0 Å². The van der Waals surface area contributed by atoms with Gasteiger partial charge in [0.05, 0.1) is 0 Å². The van der Waals surface area contributed by atoms with Crippen LogP contribution in [0.15, 0.2) is 54.6 Å². The number of rotatable bonds is 6. The first-order valence-corrected chi connectivity index (χ1v) is 9.96. The van der Waals surface area contributed by atoms with E-state index < -0.39 is 12.1 Å². The molecule has 27 heavy (non-hydrogen) atoms. The fraction of sp³-hybridized carbons (Fsp3) is 0.455. The van der Waals surface area contributed by atoms with Crippen LogP contribution in [0.1, 0.15) is 50.3 Å². The third-order valence-electron chi connectivity index (χ3n) is 4.75. The fourth-order valence-corrected chi connectivity index (χ4v) is 3.50. The van der Waals surface area contributed by atoms with E-state index in [1.54, 1.807) is 12.1 Å². The van der Waals surface area contributed by atoms with Crippen LogP contribution in [0.25, 0.3) is 0 Å². The Morgan fingerprint density at radius 3 is 2.22 bits per heavy atom. The first-order valence-electron chi connectivity index (χ1n) is 9.58. The molecule has 2 aromatic rings. The number of benzene rings is 2. The Labute approximate surface area is 167 Å². The standard InChI is InChI=1S/C20H24ClNO3.C2H6/c1-22-13-5-8-18(22)14-20(23,24)25-19(15-6-3-2-4-7-15)16-9-11-17(21)12-10-16;1-2/h2-4,6-7,9-12,18-19,23-24H,5,8,13-14H2,1H3;1-2H3. The topological polar surface area (TPSA) is 52.9 Å². The number of nitrogens with zero attached hydrogens (tertiary/aromatic N) is 1. The highest BCUT2D eigenvalue weighted by Crippen LogP contribution is 2.33. The summed E-state index contributed by atoms with van der Waals surface area (Å²) >= 11 is 5.98. The van der Waals surface area contributed by atoms with Crippen LogP contribution >= 0.6 is 11.6 Å². The van der Waals surface area contributed by atoms with Crippen molar-refractivity contribution in [3.63, 3.8) is 0 Å². The molecule has 3 rings (SSSR count). The largest absolute Gasteiger partial charge is 0.343 e. The van der Waals surface area contributed by atoms with Gasteiger partial charge in [-0.1, -0.05) is 67.9 Å². The van der Waals surface area contributed by atoms with E-state index in [0.717, 1.165) is 30.5 Å². The zero-order valence-corrected chi connectivity index (χ0v) is 17.1. The van der Waals surface area contributed by atoms with Crippen molar-refractivity contribution in [2.45, 2.75) is 51.2 Å². The second kappa shape index (κ2) is 10.2. The smallest absolute Gasteiger partial charge is 0.280 e. The van der Waals surface area contributed by atoms with Gasteiger partial charge in [0.15, 0.2) is 0 Å². The van der Waals surface area contributed by atoms with E-state index in [9.17, 15) is 10.2 Å². The molecular formula is C22H30ClNO3. The second-order valence-corrected chi connectivity index (χ2v) is 7.12. The summed E-state index contributed by atoms with van der Waals surface area (Å²) in [7, 11) is 2.00. The Morgan fingerprint density at radius 1 is 1.07 bits per heavy atom. The third-order valence-corrected chi connectivity index (χ3v) is 5.01. The maximum atomic E-state index is 10.5. The molecule has 0 aliphatic carbocycles. The molecule has 0 amide bonds. The Balaban J connectivity index is 0.00000126. The molecule has 0 aromatic heterocycles. The van der Waals surface area contributed by atoms with Gasteiger partial charge < -0.3 is 19.8 Å². The zero-order chi connectivity index (χ0) is 19.9. The molecule has 148 valence electrons. The van der Waals surface area contributed by atoms with Gasteiger partial charge in [-0.05, 0) is 49.7 Å². The van der Waals surface area contributed by atoms with Crippen molar-refractivity contribution in [2.75, 3.05) is 13.6 Å². The number of hydrogen-bond acceptors (Lipinski definition) is 4. The van der Waals surface area contributed by atoms with Gasteiger partial charge in [-0.2, -0.15) is 0 Å². The minimum absolute atomic E-state index is 0.108. The van der Waals surface area contributed by atoms with Gasteiger partial charge in [0.2, 0.25) is 0 Å². The number of aliphatic hydroxyl groups is 2. The van der Waals surface area contributed by atoms with Crippen LogP contribution in [0.3, 0.4) is 0 Å².